The maximum absolute atomic E-state index is 4.59. The second-order valence-corrected chi connectivity index (χ2v) is 5.36. The molecule has 2 nitrogen and oxygen atoms in total. The number of hydrogen-bond acceptors (Lipinski definition) is 1. The van der Waals surface area contributed by atoms with Crippen molar-refractivity contribution >= 4 is 0 Å². The van der Waals surface area contributed by atoms with Gasteiger partial charge in [-0.2, -0.15) is 5.10 Å². The molecular weight excluding hydrogens is 244 g/mol. The van der Waals surface area contributed by atoms with Crippen molar-refractivity contribution in [3.63, 3.8) is 0 Å². The molecule has 2 heteroatoms. The standard InChI is InChI=1S/C18H16N2/c1-13-6-5-9-15-10-11-20-18(17(13)15)16(12-19-20)14-7-3-2-4-8-14/h2-9,12H,10-11H2,1H3. The van der Waals surface area contributed by atoms with E-state index in [2.05, 4.69) is 65.2 Å². The van der Waals surface area contributed by atoms with Crippen molar-refractivity contribution in [3.8, 4) is 22.4 Å². The highest BCUT2D eigenvalue weighted by Crippen LogP contribution is 2.38. The third kappa shape index (κ3) is 1.61. The molecule has 0 radical (unpaired) electrons. The molecule has 0 spiro atoms. The molecule has 20 heavy (non-hydrogen) atoms. The van der Waals surface area contributed by atoms with Gasteiger partial charge in [-0.25, -0.2) is 0 Å². The average molecular weight is 260 g/mol. The molecule has 0 atom stereocenters. The summed E-state index contributed by atoms with van der Waals surface area (Å²) in [6.07, 6.45) is 3.08. The van der Waals surface area contributed by atoms with Crippen LogP contribution in [-0.4, -0.2) is 9.78 Å². The topological polar surface area (TPSA) is 17.8 Å². The minimum absolute atomic E-state index is 0.971. The molecule has 1 aromatic heterocycles. The van der Waals surface area contributed by atoms with E-state index < -0.39 is 0 Å². The van der Waals surface area contributed by atoms with Gasteiger partial charge >= 0.3 is 0 Å². The van der Waals surface area contributed by atoms with Gasteiger partial charge in [-0.3, -0.25) is 4.68 Å². The molecule has 3 aromatic rings. The van der Waals surface area contributed by atoms with Crippen molar-refractivity contribution in [1.82, 2.24) is 9.78 Å². The Morgan fingerprint density at radius 2 is 1.85 bits per heavy atom. The van der Waals surface area contributed by atoms with E-state index in [0.29, 0.717) is 0 Å². The van der Waals surface area contributed by atoms with E-state index >= 15 is 0 Å². The SMILES string of the molecule is Cc1cccc2c1-c1c(-c3ccccc3)cnn1CC2. The Hall–Kier alpha value is -2.35. The molecule has 4 rings (SSSR count). The number of benzene rings is 2. The fourth-order valence-electron chi connectivity index (χ4n) is 3.15. The van der Waals surface area contributed by atoms with Crippen LogP contribution in [0.4, 0.5) is 0 Å². The minimum Gasteiger partial charge on any atom is -0.264 e. The van der Waals surface area contributed by atoms with E-state index in [1.807, 2.05) is 6.20 Å². The van der Waals surface area contributed by atoms with Gasteiger partial charge in [0, 0.05) is 17.7 Å². The van der Waals surface area contributed by atoms with E-state index in [-0.39, 0.29) is 0 Å². The lowest BCUT2D eigenvalue weighted by atomic mass is 9.91. The minimum atomic E-state index is 0.971. The molecular formula is C18H16N2. The third-order valence-corrected chi connectivity index (χ3v) is 4.11. The maximum Gasteiger partial charge on any atom is 0.0766 e. The molecule has 0 unspecified atom stereocenters. The van der Waals surface area contributed by atoms with Crippen LogP contribution in [0, 0.1) is 6.92 Å². The van der Waals surface area contributed by atoms with E-state index in [1.165, 1.54) is 33.5 Å². The van der Waals surface area contributed by atoms with Crippen LogP contribution in [0.25, 0.3) is 22.4 Å². The second kappa shape index (κ2) is 4.34. The molecule has 0 saturated carbocycles. The maximum atomic E-state index is 4.59. The molecule has 0 fully saturated rings. The van der Waals surface area contributed by atoms with Gasteiger partial charge in [0.05, 0.1) is 11.9 Å². The summed E-state index contributed by atoms with van der Waals surface area (Å²) >= 11 is 0. The molecule has 1 aliphatic heterocycles. The lowest BCUT2D eigenvalue weighted by molar-refractivity contribution is 0.607. The highest BCUT2D eigenvalue weighted by Gasteiger charge is 2.22. The first-order valence-corrected chi connectivity index (χ1v) is 7.04. The van der Waals surface area contributed by atoms with Gasteiger partial charge in [-0.15, -0.1) is 0 Å². The highest BCUT2D eigenvalue weighted by molar-refractivity contribution is 5.84. The molecule has 0 saturated heterocycles. The smallest absolute Gasteiger partial charge is 0.0766 e. The molecule has 1 aliphatic rings. The first kappa shape index (κ1) is 11.5. The Kier molecular flexibility index (Phi) is 2.49. The van der Waals surface area contributed by atoms with E-state index in [4.69, 9.17) is 0 Å². The largest absolute Gasteiger partial charge is 0.264 e. The molecule has 0 N–H and O–H groups in total. The summed E-state index contributed by atoms with van der Waals surface area (Å²) in [4.78, 5) is 0. The molecule has 2 heterocycles. The van der Waals surface area contributed by atoms with Crippen LogP contribution < -0.4 is 0 Å². The monoisotopic (exact) mass is 260 g/mol. The van der Waals surface area contributed by atoms with Crippen molar-refractivity contribution in [2.75, 3.05) is 0 Å². The van der Waals surface area contributed by atoms with Crippen molar-refractivity contribution < 1.29 is 0 Å². The zero-order valence-electron chi connectivity index (χ0n) is 11.5. The Balaban J connectivity index is 2.01. The van der Waals surface area contributed by atoms with Crippen LogP contribution in [0.5, 0.6) is 0 Å². The average Bonchev–Trinajstić information content (AvgIpc) is 2.92. The number of hydrogen-bond donors (Lipinski definition) is 0. The van der Waals surface area contributed by atoms with Crippen LogP contribution in [-0.2, 0) is 13.0 Å². The summed E-state index contributed by atoms with van der Waals surface area (Å²) < 4.78 is 2.15. The number of nitrogens with zero attached hydrogens (tertiary/aromatic N) is 2. The summed E-state index contributed by atoms with van der Waals surface area (Å²) in [6, 6.07) is 17.1. The quantitative estimate of drug-likeness (QED) is 0.644. The van der Waals surface area contributed by atoms with Gasteiger partial charge in [0.15, 0.2) is 0 Å². The zero-order valence-corrected chi connectivity index (χ0v) is 11.5. The Morgan fingerprint density at radius 3 is 2.70 bits per heavy atom. The fourth-order valence-corrected chi connectivity index (χ4v) is 3.15. The molecule has 2 aromatic carbocycles. The lowest BCUT2D eigenvalue weighted by Gasteiger charge is -2.21. The fraction of sp³-hybridized carbons (Fsp3) is 0.167. The van der Waals surface area contributed by atoms with Crippen LogP contribution in [0.15, 0.2) is 54.7 Å². The Bertz CT molecular complexity index is 769. The summed E-state index contributed by atoms with van der Waals surface area (Å²) in [5.41, 5.74) is 7.90. The Labute approximate surface area is 118 Å². The van der Waals surface area contributed by atoms with Gasteiger partial charge < -0.3 is 0 Å². The van der Waals surface area contributed by atoms with Crippen molar-refractivity contribution in [2.45, 2.75) is 19.9 Å². The van der Waals surface area contributed by atoms with Gasteiger partial charge in [0.2, 0.25) is 0 Å². The van der Waals surface area contributed by atoms with Crippen LogP contribution in [0.1, 0.15) is 11.1 Å². The van der Waals surface area contributed by atoms with Crippen molar-refractivity contribution in [1.29, 1.82) is 0 Å². The highest BCUT2D eigenvalue weighted by atomic mass is 15.3. The van der Waals surface area contributed by atoms with Crippen LogP contribution >= 0.6 is 0 Å². The van der Waals surface area contributed by atoms with Crippen LogP contribution in [0.3, 0.4) is 0 Å². The summed E-state index contributed by atoms with van der Waals surface area (Å²) in [6.45, 7) is 3.16. The lowest BCUT2D eigenvalue weighted by Crippen LogP contribution is -2.13. The Morgan fingerprint density at radius 1 is 1.00 bits per heavy atom. The third-order valence-electron chi connectivity index (χ3n) is 4.11. The number of aryl methyl sites for hydroxylation is 3. The molecule has 0 amide bonds. The normalized spacial score (nSPS) is 12.8. The van der Waals surface area contributed by atoms with Gasteiger partial charge in [-0.1, -0.05) is 48.5 Å². The predicted octanol–water partition coefficient (Wildman–Crippen LogP) is 4.08. The van der Waals surface area contributed by atoms with Gasteiger partial charge in [0.1, 0.15) is 0 Å². The number of rotatable bonds is 1. The molecule has 0 bridgehead atoms. The first-order valence-electron chi connectivity index (χ1n) is 7.04. The molecule has 98 valence electrons. The molecule has 0 aliphatic carbocycles. The first-order chi connectivity index (χ1) is 9.84. The van der Waals surface area contributed by atoms with Crippen LogP contribution in [0.2, 0.25) is 0 Å². The van der Waals surface area contributed by atoms with E-state index in [9.17, 15) is 0 Å². The number of fused-ring (bicyclic) bond motifs is 3. The van der Waals surface area contributed by atoms with E-state index in [1.54, 1.807) is 0 Å². The summed E-state index contributed by atoms with van der Waals surface area (Å²) in [5, 5.41) is 4.59. The summed E-state index contributed by atoms with van der Waals surface area (Å²) in [5.74, 6) is 0. The predicted molar refractivity (Wildman–Crippen MR) is 81.5 cm³/mol. The van der Waals surface area contributed by atoms with Crippen molar-refractivity contribution in [2.24, 2.45) is 0 Å². The summed E-state index contributed by atoms with van der Waals surface area (Å²) in [7, 11) is 0. The van der Waals surface area contributed by atoms with E-state index in [0.717, 1.165) is 13.0 Å². The van der Waals surface area contributed by atoms with Gasteiger partial charge in [-0.05, 0) is 30.0 Å². The van der Waals surface area contributed by atoms with Gasteiger partial charge in [0.25, 0.3) is 0 Å². The second-order valence-electron chi connectivity index (χ2n) is 5.36. The zero-order chi connectivity index (χ0) is 13.5. The van der Waals surface area contributed by atoms with Crippen molar-refractivity contribution in [3.05, 3.63) is 65.9 Å². The number of aromatic nitrogens is 2.